The minimum atomic E-state index is -1.97. The number of carbonyl (C=O) groups is 2. The van der Waals surface area contributed by atoms with Gasteiger partial charge in [0.1, 0.15) is 0 Å². The summed E-state index contributed by atoms with van der Waals surface area (Å²) in [5.41, 5.74) is 0. The van der Waals surface area contributed by atoms with Crippen molar-refractivity contribution in [1.29, 1.82) is 0 Å². The van der Waals surface area contributed by atoms with Gasteiger partial charge in [-0.15, -0.1) is 0 Å². The lowest BCUT2D eigenvalue weighted by molar-refractivity contribution is -0.134. The summed E-state index contributed by atoms with van der Waals surface area (Å²) in [5.74, 6) is -1.06. The lowest BCUT2D eigenvalue weighted by Crippen LogP contribution is -2.43. The Morgan fingerprint density at radius 2 is 1.60 bits per heavy atom. The molecule has 0 atom stereocenters. The molecule has 0 saturated carbocycles. The van der Waals surface area contributed by atoms with Gasteiger partial charge in [-0.1, -0.05) is 0 Å². The van der Waals surface area contributed by atoms with E-state index in [-0.39, 0.29) is 12.8 Å². The highest BCUT2D eigenvalue weighted by atomic mass is 16.4. The van der Waals surface area contributed by atoms with Gasteiger partial charge in [-0.25, -0.2) is 0 Å². The third kappa shape index (κ3) is 1.03. The van der Waals surface area contributed by atoms with E-state index in [1.807, 2.05) is 0 Å². The Kier molecular flexibility index (Phi) is 1.73. The second-order valence-electron chi connectivity index (χ2n) is 2.00. The molecule has 10 heavy (non-hydrogen) atoms. The first-order valence-corrected chi connectivity index (χ1v) is 2.84. The van der Waals surface area contributed by atoms with Crippen molar-refractivity contribution in [2.75, 3.05) is 0 Å². The average molecular weight is 143 g/mol. The Hall–Kier alpha value is -0.875. The topological polar surface area (TPSA) is 77.8 Å². The van der Waals surface area contributed by atoms with Crippen molar-refractivity contribution < 1.29 is 19.6 Å². The predicted octanol–water partition coefficient (Wildman–Crippen LogP) is -1.90. The quantitative estimate of drug-likeness (QED) is 0.332. The van der Waals surface area contributed by atoms with Crippen LogP contribution in [-0.4, -0.2) is 33.9 Å². The molecule has 6 heteroatoms. The van der Waals surface area contributed by atoms with Gasteiger partial charge < -0.3 is 10.0 Å². The maximum Gasteiger partial charge on any atom is 0.597 e. The van der Waals surface area contributed by atoms with Gasteiger partial charge in [0.05, 0.1) is 0 Å². The van der Waals surface area contributed by atoms with Gasteiger partial charge in [0.25, 0.3) is 0 Å². The van der Waals surface area contributed by atoms with Crippen LogP contribution in [0.25, 0.3) is 0 Å². The van der Waals surface area contributed by atoms with Crippen molar-refractivity contribution in [1.82, 2.24) is 4.81 Å². The lowest BCUT2D eigenvalue weighted by atomic mass is 10.1. The number of hydrogen-bond acceptors (Lipinski definition) is 4. The molecule has 0 aromatic carbocycles. The second-order valence-corrected chi connectivity index (χ2v) is 2.00. The fourth-order valence-corrected chi connectivity index (χ4v) is 0.851. The van der Waals surface area contributed by atoms with E-state index in [4.69, 9.17) is 10.0 Å². The molecule has 2 amide bonds. The summed E-state index contributed by atoms with van der Waals surface area (Å²) in [4.78, 5) is 21.7. The van der Waals surface area contributed by atoms with Crippen LogP contribution in [0.5, 0.6) is 0 Å². The molecular formula is C4H6BNO4. The van der Waals surface area contributed by atoms with E-state index in [1.165, 1.54) is 0 Å². The Bertz CT molecular complexity index is 164. The first-order valence-electron chi connectivity index (χ1n) is 2.84. The zero-order chi connectivity index (χ0) is 7.72. The van der Waals surface area contributed by atoms with Crippen LogP contribution in [0.2, 0.25) is 0 Å². The summed E-state index contributed by atoms with van der Waals surface area (Å²) in [6.45, 7) is 0. The SMILES string of the molecule is O=C1CCC(=O)N1B(O)O. The maximum atomic E-state index is 10.6. The van der Waals surface area contributed by atoms with E-state index in [2.05, 4.69) is 0 Å². The summed E-state index contributed by atoms with van der Waals surface area (Å²) < 4.78 is 0. The minimum absolute atomic E-state index is 0.0798. The zero-order valence-electron chi connectivity index (χ0n) is 5.15. The molecule has 0 spiro atoms. The van der Waals surface area contributed by atoms with Gasteiger partial charge in [0, 0.05) is 12.8 Å². The third-order valence-electron chi connectivity index (χ3n) is 1.32. The molecule has 0 aromatic heterocycles. The molecule has 54 valence electrons. The summed E-state index contributed by atoms with van der Waals surface area (Å²) >= 11 is 0. The minimum Gasteiger partial charge on any atom is -0.407 e. The molecule has 2 N–H and O–H groups in total. The molecule has 0 radical (unpaired) electrons. The van der Waals surface area contributed by atoms with E-state index in [0.717, 1.165) is 0 Å². The fourth-order valence-electron chi connectivity index (χ4n) is 0.851. The molecular weight excluding hydrogens is 137 g/mol. The molecule has 1 aliphatic rings. The highest BCUT2D eigenvalue weighted by Gasteiger charge is 2.37. The van der Waals surface area contributed by atoms with E-state index in [1.54, 1.807) is 0 Å². The second kappa shape index (κ2) is 2.39. The molecule has 0 bridgehead atoms. The van der Waals surface area contributed by atoms with Gasteiger partial charge >= 0.3 is 7.25 Å². The van der Waals surface area contributed by atoms with Crippen LogP contribution in [0.3, 0.4) is 0 Å². The molecule has 0 aromatic rings. The van der Waals surface area contributed by atoms with Crippen molar-refractivity contribution in [2.24, 2.45) is 0 Å². The van der Waals surface area contributed by atoms with Crippen LogP contribution in [-0.2, 0) is 9.59 Å². The van der Waals surface area contributed by atoms with E-state index >= 15 is 0 Å². The lowest BCUT2D eigenvalue weighted by Gasteiger charge is -2.10. The van der Waals surface area contributed by atoms with Gasteiger partial charge in [-0.3, -0.25) is 14.4 Å². The number of carbonyl (C=O) groups excluding carboxylic acids is 2. The number of hydrogen-bond donors (Lipinski definition) is 2. The van der Waals surface area contributed by atoms with Crippen LogP contribution in [0, 0.1) is 0 Å². The highest BCUT2D eigenvalue weighted by molar-refractivity contribution is 6.48. The highest BCUT2D eigenvalue weighted by Crippen LogP contribution is 2.10. The van der Waals surface area contributed by atoms with Crippen molar-refractivity contribution in [3.05, 3.63) is 0 Å². The molecule has 1 rings (SSSR count). The molecule has 1 aliphatic heterocycles. The van der Waals surface area contributed by atoms with Crippen LogP contribution in [0.1, 0.15) is 12.8 Å². The number of amides is 2. The van der Waals surface area contributed by atoms with Gasteiger partial charge in [0.2, 0.25) is 11.8 Å². The first kappa shape index (κ1) is 7.23. The van der Waals surface area contributed by atoms with Crippen LogP contribution in [0.15, 0.2) is 0 Å². The van der Waals surface area contributed by atoms with Crippen molar-refractivity contribution >= 4 is 19.1 Å². The monoisotopic (exact) mass is 143 g/mol. The van der Waals surface area contributed by atoms with Crippen molar-refractivity contribution in [3.63, 3.8) is 0 Å². The van der Waals surface area contributed by atoms with Crippen LogP contribution in [0.4, 0.5) is 0 Å². The molecule has 0 aliphatic carbocycles. The maximum absolute atomic E-state index is 10.6. The normalized spacial score (nSPS) is 18.4. The van der Waals surface area contributed by atoms with E-state index in [0.29, 0.717) is 4.81 Å². The third-order valence-corrected chi connectivity index (χ3v) is 1.32. The zero-order valence-corrected chi connectivity index (χ0v) is 5.15. The molecule has 1 saturated heterocycles. The van der Waals surface area contributed by atoms with E-state index in [9.17, 15) is 9.59 Å². The number of imide groups is 1. The van der Waals surface area contributed by atoms with Crippen molar-refractivity contribution in [2.45, 2.75) is 12.8 Å². The molecule has 5 nitrogen and oxygen atoms in total. The summed E-state index contributed by atoms with van der Waals surface area (Å²) in [7, 11) is -1.97. The van der Waals surface area contributed by atoms with Gasteiger partial charge in [-0.05, 0) is 0 Å². The Labute approximate surface area is 57.4 Å². The summed E-state index contributed by atoms with van der Waals surface area (Å²) in [5, 5.41) is 16.9. The smallest absolute Gasteiger partial charge is 0.407 e. The van der Waals surface area contributed by atoms with Gasteiger partial charge in [-0.2, -0.15) is 0 Å². The fraction of sp³-hybridized carbons (Fsp3) is 0.500. The average Bonchev–Trinajstić information content (AvgIpc) is 2.11. The first-order chi connectivity index (χ1) is 4.63. The van der Waals surface area contributed by atoms with Crippen LogP contribution >= 0.6 is 0 Å². The number of nitrogens with zero attached hydrogens (tertiary/aromatic N) is 1. The Balaban J connectivity index is 2.72. The number of rotatable bonds is 1. The Morgan fingerprint density at radius 3 is 1.80 bits per heavy atom. The van der Waals surface area contributed by atoms with Crippen LogP contribution < -0.4 is 0 Å². The standard InChI is InChI=1S/C4H6BNO4/c7-3-1-2-4(8)6(3)5(9)10/h9-10H,1-2H2. The largest absolute Gasteiger partial charge is 0.597 e. The van der Waals surface area contributed by atoms with E-state index < -0.39 is 19.1 Å². The Morgan fingerprint density at radius 1 is 1.20 bits per heavy atom. The molecule has 0 unspecified atom stereocenters. The van der Waals surface area contributed by atoms with Crippen molar-refractivity contribution in [3.8, 4) is 0 Å². The molecule has 1 heterocycles. The van der Waals surface area contributed by atoms with Gasteiger partial charge in [0.15, 0.2) is 0 Å². The summed E-state index contributed by atoms with van der Waals surface area (Å²) in [6.07, 6.45) is 0.160. The molecule has 1 fully saturated rings. The predicted molar refractivity (Wildman–Crippen MR) is 31.3 cm³/mol. The summed E-state index contributed by atoms with van der Waals surface area (Å²) in [6, 6.07) is 0.